The van der Waals surface area contributed by atoms with Crippen LogP contribution in [0.2, 0.25) is 0 Å². The zero-order chi connectivity index (χ0) is 12.7. The molecule has 0 radical (unpaired) electrons. The molecule has 1 aromatic heterocycles. The average Bonchev–Trinajstić information content (AvgIpc) is 2.36. The second-order valence-corrected chi connectivity index (χ2v) is 4.48. The minimum absolute atomic E-state index is 0.211. The van der Waals surface area contributed by atoms with Gasteiger partial charge in [-0.2, -0.15) is 0 Å². The molecule has 0 fully saturated rings. The molecule has 94 valence electrons. The van der Waals surface area contributed by atoms with Crippen molar-refractivity contribution in [1.82, 2.24) is 10.3 Å². The second-order valence-electron chi connectivity index (χ2n) is 3.38. The Kier molecular flexibility index (Phi) is 5.96. The van der Waals surface area contributed by atoms with Crippen molar-refractivity contribution in [2.24, 2.45) is 0 Å². The maximum absolute atomic E-state index is 11.5. The molecule has 1 unspecified atom stereocenters. The maximum Gasteiger partial charge on any atom is 0.269 e. The number of rotatable bonds is 6. The van der Waals surface area contributed by atoms with Crippen molar-refractivity contribution in [2.45, 2.75) is 17.9 Å². The molecule has 0 bridgehead atoms. The van der Waals surface area contributed by atoms with Crippen LogP contribution in [0.4, 0.5) is 0 Å². The van der Waals surface area contributed by atoms with E-state index in [0.717, 1.165) is 4.90 Å². The van der Waals surface area contributed by atoms with E-state index in [9.17, 15) is 9.90 Å². The molecule has 1 aromatic rings. The van der Waals surface area contributed by atoms with Gasteiger partial charge in [0.2, 0.25) is 0 Å². The molecule has 3 N–H and O–H groups in total. The lowest BCUT2D eigenvalue weighted by Crippen LogP contribution is -2.23. The molecule has 1 atom stereocenters. The van der Waals surface area contributed by atoms with Gasteiger partial charge in [-0.05, 0) is 19.1 Å². The number of carbonyl (C=O) groups excluding carboxylic acids is 1. The van der Waals surface area contributed by atoms with Crippen LogP contribution in [-0.4, -0.2) is 46.1 Å². The fraction of sp³-hybridized carbons (Fsp3) is 0.455. The quantitative estimate of drug-likeness (QED) is 0.637. The van der Waals surface area contributed by atoms with Gasteiger partial charge in [0.25, 0.3) is 5.91 Å². The molecular formula is C11H16N2O3S. The van der Waals surface area contributed by atoms with Gasteiger partial charge >= 0.3 is 0 Å². The number of amides is 1. The number of carbonyl (C=O) groups is 1. The van der Waals surface area contributed by atoms with Crippen molar-refractivity contribution in [3.05, 3.63) is 24.0 Å². The van der Waals surface area contributed by atoms with Crippen LogP contribution in [0, 0.1) is 0 Å². The number of pyridine rings is 1. The van der Waals surface area contributed by atoms with Gasteiger partial charge in [0.15, 0.2) is 0 Å². The van der Waals surface area contributed by atoms with E-state index in [0.29, 0.717) is 18.0 Å². The van der Waals surface area contributed by atoms with Crippen LogP contribution < -0.4 is 5.32 Å². The third kappa shape index (κ3) is 4.72. The first-order valence-electron chi connectivity index (χ1n) is 5.33. The van der Waals surface area contributed by atoms with E-state index in [-0.39, 0.29) is 12.5 Å². The standard InChI is InChI=1S/C11H16N2O3S/c1-2-12-11(16)10-5-9(3-4-13-10)17-7-8(15)6-14/h3-5,8,14-15H,2,6-7H2,1H3,(H,12,16). The highest BCUT2D eigenvalue weighted by atomic mass is 32.2. The molecule has 0 aliphatic heterocycles. The van der Waals surface area contributed by atoms with Crippen LogP contribution >= 0.6 is 11.8 Å². The molecule has 1 heterocycles. The third-order valence-electron chi connectivity index (χ3n) is 1.95. The SMILES string of the molecule is CCNC(=O)c1cc(SCC(O)CO)ccn1. The molecule has 0 saturated heterocycles. The van der Waals surface area contributed by atoms with Crippen LogP contribution in [-0.2, 0) is 0 Å². The Morgan fingerprint density at radius 2 is 2.41 bits per heavy atom. The number of hydrogen-bond donors (Lipinski definition) is 3. The lowest BCUT2D eigenvalue weighted by atomic mass is 10.3. The Balaban J connectivity index is 2.62. The van der Waals surface area contributed by atoms with Gasteiger partial charge in [-0.3, -0.25) is 9.78 Å². The first-order chi connectivity index (χ1) is 8.17. The van der Waals surface area contributed by atoms with Crippen molar-refractivity contribution in [1.29, 1.82) is 0 Å². The number of nitrogens with zero attached hydrogens (tertiary/aromatic N) is 1. The Labute approximate surface area is 104 Å². The van der Waals surface area contributed by atoms with E-state index < -0.39 is 6.10 Å². The first-order valence-corrected chi connectivity index (χ1v) is 6.32. The largest absolute Gasteiger partial charge is 0.394 e. The molecule has 1 amide bonds. The topological polar surface area (TPSA) is 82.5 Å². The van der Waals surface area contributed by atoms with Crippen LogP contribution in [0.1, 0.15) is 17.4 Å². The maximum atomic E-state index is 11.5. The summed E-state index contributed by atoms with van der Waals surface area (Å²) in [6, 6.07) is 3.43. The number of hydrogen-bond acceptors (Lipinski definition) is 5. The van der Waals surface area contributed by atoms with Gasteiger partial charge in [-0.25, -0.2) is 0 Å². The predicted molar refractivity (Wildman–Crippen MR) is 66.1 cm³/mol. The van der Waals surface area contributed by atoms with Gasteiger partial charge in [-0.15, -0.1) is 11.8 Å². The smallest absolute Gasteiger partial charge is 0.269 e. The normalized spacial score (nSPS) is 12.2. The van der Waals surface area contributed by atoms with Crippen molar-refractivity contribution in [2.75, 3.05) is 18.9 Å². The number of aromatic nitrogens is 1. The summed E-state index contributed by atoms with van der Waals surface area (Å²) in [5.41, 5.74) is 0.357. The van der Waals surface area contributed by atoms with Crippen molar-refractivity contribution < 1.29 is 15.0 Å². The fourth-order valence-electron chi connectivity index (χ4n) is 1.12. The molecule has 5 nitrogen and oxygen atoms in total. The second kappa shape index (κ2) is 7.26. The Bertz CT molecular complexity index is 373. The van der Waals surface area contributed by atoms with E-state index in [4.69, 9.17) is 5.11 Å². The summed E-state index contributed by atoms with van der Waals surface area (Å²) in [5.74, 6) is 0.174. The molecule has 0 aliphatic rings. The molecule has 0 aliphatic carbocycles. The lowest BCUT2D eigenvalue weighted by molar-refractivity contribution is 0.0950. The highest BCUT2D eigenvalue weighted by Crippen LogP contribution is 2.18. The summed E-state index contributed by atoms with van der Waals surface area (Å²) in [6.45, 7) is 2.14. The highest BCUT2D eigenvalue weighted by molar-refractivity contribution is 7.99. The molecule has 6 heteroatoms. The third-order valence-corrected chi connectivity index (χ3v) is 3.09. The summed E-state index contributed by atoms with van der Waals surface area (Å²) >= 11 is 1.37. The van der Waals surface area contributed by atoms with Crippen LogP contribution in [0.3, 0.4) is 0 Å². The van der Waals surface area contributed by atoms with Crippen molar-refractivity contribution >= 4 is 17.7 Å². The Hall–Kier alpha value is -1.11. The number of nitrogens with one attached hydrogen (secondary N) is 1. The lowest BCUT2D eigenvalue weighted by Gasteiger charge is -2.07. The summed E-state index contributed by atoms with van der Waals surface area (Å²) in [6.07, 6.45) is 0.805. The molecule has 0 aromatic carbocycles. The van der Waals surface area contributed by atoms with Gasteiger partial charge in [0.1, 0.15) is 5.69 Å². The zero-order valence-electron chi connectivity index (χ0n) is 9.59. The molecule has 0 spiro atoms. The number of aliphatic hydroxyl groups is 2. The molecule has 0 saturated carbocycles. The van der Waals surface area contributed by atoms with E-state index in [1.54, 1.807) is 18.3 Å². The Morgan fingerprint density at radius 1 is 1.65 bits per heavy atom. The van der Waals surface area contributed by atoms with Crippen LogP contribution in [0.5, 0.6) is 0 Å². The minimum Gasteiger partial charge on any atom is -0.394 e. The first kappa shape index (κ1) is 14.0. The fourth-order valence-corrected chi connectivity index (χ4v) is 1.96. The van der Waals surface area contributed by atoms with Gasteiger partial charge < -0.3 is 15.5 Å². The highest BCUT2D eigenvalue weighted by Gasteiger charge is 2.08. The van der Waals surface area contributed by atoms with Gasteiger partial charge in [0.05, 0.1) is 12.7 Å². The summed E-state index contributed by atoms with van der Waals surface area (Å²) in [4.78, 5) is 16.3. The summed E-state index contributed by atoms with van der Waals surface area (Å²) in [7, 11) is 0. The zero-order valence-corrected chi connectivity index (χ0v) is 10.4. The van der Waals surface area contributed by atoms with Crippen LogP contribution in [0.25, 0.3) is 0 Å². The van der Waals surface area contributed by atoms with E-state index in [2.05, 4.69) is 10.3 Å². The predicted octanol–water partition coefficient (Wildman–Crippen LogP) is 0.277. The minimum atomic E-state index is -0.749. The van der Waals surface area contributed by atoms with Crippen molar-refractivity contribution in [3.8, 4) is 0 Å². The monoisotopic (exact) mass is 256 g/mol. The van der Waals surface area contributed by atoms with E-state index in [1.165, 1.54) is 11.8 Å². The molecular weight excluding hydrogens is 240 g/mol. The van der Waals surface area contributed by atoms with E-state index >= 15 is 0 Å². The number of thioether (sulfide) groups is 1. The van der Waals surface area contributed by atoms with Gasteiger partial charge in [0, 0.05) is 23.4 Å². The summed E-state index contributed by atoms with van der Waals surface area (Å²) in [5, 5.41) is 20.6. The van der Waals surface area contributed by atoms with Crippen LogP contribution in [0.15, 0.2) is 23.2 Å². The average molecular weight is 256 g/mol. The summed E-state index contributed by atoms with van der Waals surface area (Å²) < 4.78 is 0. The van der Waals surface area contributed by atoms with Crippen molar-refractivity contribution in [3.63, 3.8) is 0 Å². The Morgan fingerprint density at radius 3 is 3.06 bits per heavy atom. The van der Waals surface area contributed by atoms with E-state index in [1.807, 2.05) is 6.92 Å². The van der Waals surface area contributed by atoms with Gasteiger partial charge in [-0.1, -0.05) is 0 Å². The molecule has 17 heavy (non-hydrogen) atoms. The molecule has 1 rings (SSSR count). The number of aliphatic hydroxyl groups excluding tert-OH is 2.